The zero-order valence-electron chi connectivity index (χ0n) is 12.3. The van der Waals surface area contributed by atoms with Gasteiger partial charge in [-0.25, -0.2) is 0 Å². The number of nitrogens with zero attached hydrogens (tertiary/aromatic N) is 1. The molecule has 0 radical (unpaired) electrons. The summed E-state index contributed by atoms with van der Waals surface area (Å²) in [4.78, 5) is 5.70. The lowest BCUT2D eigenvalue weighted by Crippen LogP contribution is -2.17. The number of benzene rings is 2. The summed E-state index contributed by atoms with van der Waals surface area (Å²) < 4.78 is 0. The van der Waals surface area contributed by atoms with Crippen molar-refractivity contribution in [1.82, 2.24) is 9.88 Å². The molecule has 0 spiro atoms. The van der Waals surface area contributed by atoms with Gasteiger partial charge in [-0.3, -0.25) is 0 Å². The molecule has 1 unspecified atom stereocenters. The lowest BCUT2D eigenvalue weighted by molar-refractivity contribution is 0.328. The molecule has 0 aliphatic carbocycles. The van der Waals surface area contributed by atoms with Crippen molar-refractivity contribution in [3.05, 3.63) is 71.4 Å². The number of rotatable bonds is 1. The molecule has 2 heterocycles. The molecule has 4 rings (SSSR count). The number of hydrogen-bond acceptors (Lipinski definition) is 1. The van der Waals surface area contributed by atoms with Crippen LogP contribution in [0.1, 0.15) is 29.0 Å². The van der Waals surface area contributed by atoms with Crippen molar-refractivity contribution in [1.29, 1.82) is 0 Å². The molecule has 106 valence electrons. The molecule has 1 N–H and O–H groups in total. The van der Waals surface area contributed by atoms with Gasteiger partial charge < -0.3 is 9.88 Å². The number of aromatic amines is 1. The predicted molar refractivity (Wildman–Crippen MR) is 87.5 cm³/mol. The van der Waals surface area contributed by atoms with Crippen molar-refractivity contribution in [2.24, 2.45) is 0 Å². The van der Waals surface area contributed by atoms with Crippen LogP contribution in [0.5, 0.6) is 0 Å². The van der Waals surface area contributed by atoms with Crippen LogP contribution in [-0.2, 0) is 6.54 Å². The first-order valence-electron chi connectivity index (χ1n) is 7.64. The van der Waals surface area contributed by atoms with Crippen LogP contribution in [0, 0.1) is 0 Å². The molecule has 0 amide bonds. The Balaban J connectivity index is 1.83. The molecule has 0 bridgehead atoms. The molecule has 2 heteroatoms. The number of hydrogen-bond donors (Lipinski definition) is 1. The minimum absolute atomic E-state index is 0.505. The normalized spacial score (nSPS) is 19.4. The molecule has 0 fully saturated rings. The molecule has 2 aromatic carbocycles. The van der Waals surface area contributed by atoms with Gasteiger partial charge in [-0.1, -0.05) is 30.3 Å². The van der Waals surface area contributed by atoms with E-state index in [1.807, 2.05) is 6.20 Å². The van der Waals surface area contributed by atoms with Gasteiger partial charge in [0, 0.05) is 24.2 Å². The minimum atomic E-state index is 0.505. The van der Waals surface area contributed by atoms with Crippen LogP contribution in [0.4, 0.5) is 0 Å². The molecule has 1 atom stereocenters. The van der Waals surface area contributed by atoms with Gasteiger partial charge in [0.25, 0.3) is 0 Å². The molecule has 0 saturated heterocycles. The lowest BCUT2D eigenvalue weighted by atomic mass is 9.86. The molecule has 1 aliphatic rings. The second-order valence-corrected chi connectivity index (χ2v) is 6.10. The Morgan fingerprint density at radius 2 is 2.00 bits per heavy atom. The van der Waals surface area contributed by atoms with Gasteiger partial charge in [-0.2, -0.15) is 0 Å². The van der Waals surface area contributed by atoms with Crippen molar-refractivity contribution >= 4 is 10.9 Å². The van der Waals surface area contributed by atoms with Crippen molar-refractivity contribution in [2.75, 3.05) is 13.6 Å². The van der Waals surface area contributed by atoms with E-state index in [9.17, 15) is 0 Å². The van der Waals surface area contributed by atoms with Crippen LogP contribution in [-0.4, -0.2) is 23.5 Å². The van der Waals surface area contributed by atoms with Gasteiger partial charge in [0.1, 0.15) is 0 Å². The third kappa shape index (κ3) is 2.26. The van der Waals surface area contributed by atoms with Gasteiger partial charge in [0.15, 0.2) is 0 Å². The molecule has 3 aromatic rings. The van der Waals surface area contributed by atoms with Crippen LogP contribution in [0.15, 0.2) is 54.7 Å². The van der Waals surface area contributed by atoms with Crippen molar-refractivity contribution in [3.63, 3.8) is 0 Å². The fraction of sp³-hybridized carbons (Fsp3) is 0.263. The standard InChI is InChI=1S/C19H20N2/c1-21-11-9-18(17-5-3-2-4-16(17)13-21)14-6-7-19-15(12-14)8-10-20-19/h2-8,10,12,18,20H,9,11,13H2,1H3. The lowest BCUT2D eigenvalue weighted by Gasteiger charge is -2.18. The SMILES string of the molecule is CN1CCC(c2ccc3[nH]ccc3c2)c2ccccc2C1. The Morgan fingerprint density at radius 3 is 2.95 bits per heavy atom. The van der Waals surface area contributed by atoms with E-state index >= 15 is 0 Å². The number of fused-ring (bicyclic) bond motifs is 2. The first-order valence-corrected chi connectivity index (χ1v) is 7.64. The van der Waals surface area contributed by atoms with Crippen molar-refractivity contribution in [3.8, 4) is 0 Å². The van der Waals surface area contributed by atoms with E-state index in [0.29, 0.717) is 5.92 Å². The topological polar surface area (TPSA) is 19.0 Å². The van der Waals surface area contributed by atoms with Gasteiger partial charge in [-0.05, 0) is 60.3 Å². The molecule has 0 saturated carbocycles. The van der Waals surface area contributed by atoms with E-state index in [2.05, 4.69) is 65.5 Å². The highest BCUT2D eigenvalue weighted by molar-refractivity contribution is 5.80. The molecule has 1 aromatic heterocycles. The Bertz CT molecular complexity index is 772. The average molecular weight is 276 g/mol. The summed E-state index contributed by atoms with van der Waals surface area (Å²) in [5.41, 5.74) is 5.62. The molecule has 2 nitrogen and oxygen atoms in total. The van der Waals surface area contributed by atoms with E-state index < -0.39 is 0 Å². The summed E-state index contributed by atoms with van der Waals surface area (Å²) in [6.45, 7) is 2.20. The van der Waals surface area contributed by atoms with Crippen LogP contribution < -0.4 is 0 Å². The van der Waals surface area contributed by atoms with E-state index in [-0.39, 0.29) is 0 Å². The summed E-state index contributed by atoms with van der Waals surface area (Å²) in [5.74, 6) is 0.505. The molecular weight excluding hydrogens is 256 g/mol. The first-order chi connectivity index (χ1) is 10.3. The fourth-order valence-corrected chi connectivity index (χ4v) is 3.53. The maximum atomic E-state index is 3.28. The first kappa shape index (κ1) is 12.7. The largest absolute Gasteiger partial charge is 0.361 e. The second-order valence-electron chi connectivity index (χ2n) is 6.10. The highest BCUT2D eigenvalue weighted by Crippen LogP contribution is 2.34. The minimum Gasteiger partial charge on any atom is -0.361 e. The van der Waals surface area contributed by atoms with Crippen LogP contribution in [0.3, 0.4) is 0 Å². The van der Waals surface area contributed by atoms with Gasteiger partial charge in [0.05, 0.1) is 0 Å². The number of nitrogens with one attached hydrogen (secondary N) is 1. The van der Waals surface area contributed by atoms with E-state index in [1.165, 1.54) is 34.0 Å². The van der Waals surface area contributed by atoms with Crippen molar-refractivity contribution in [2.45, 2.75) is 18.9 Å². The molecule has 21 heavy (non-hydrogen) atoms. The second kappa shape index (κ2) is 5.05. The Hall–Kier alpha value is -2.06. The Kier molecular flexibility index (Phi) is 3.04. The highest BCUT2D eigenvalue weighted by atomic mass is 15.1. The predicted octanol–water partition coefficient (Wildman–Crippen LogP) is 4.14. The smallest absolute Gasteiger partial charge is 0.0454 e. The Morgan fingerprint density at radius 1 is 1.10 bits per heavy atom. The average Bonchev–Trinajstić information content (AvgIpc) is 2.89. The monoisotopic (exact) mass is 276 g/mol. The Labute approximate surface area is 125 Å². The third-order valence-electron chi connectivity index (χ3n) is 4.65. The van der Waals surface area contributed by atoms with E-state index in [4.69, 9.17) is 0 Å². The fourth-order valence-electron chi connectivity index (χ4n) is 3.53. The van der Waals surface area contributed by atoms with Crippen LogP contribution in [0.25, 0.3) is 10.9 Å². The number of H-pyrrole nitrogens is 1. The van der Waals surface area contributed by atoms with Crippen molar-refractivity contribution < 1.29 is 0 Å². The maximum absolute atomic E-state index is 3.28. The third-order valence-corrected chi connectivity index (χ3v) is 4.65. The van der Waals surface area contributed by atoms with E-state index in [0.717, 1.165) is 13.1 Å². The molecule has 1 aliphatic heterocycles. The highest BCUT2D eigenvalue weighted by Gasteiger charge is 2.22. The summed E-state index contributed by atoms with van der Waals surface area (Å²) in [6, 6.07) is 17.9. The van der Waals surface area contributed by atoms with Gasteiger partial charge in [-0.15, -0.1) is 0 Å². The quantitative estimate of drug-likeness (QED) is 0.708. The van der Waals surface area contributed by atoms with Gasteiger partial charge in [0.2, 0.25) is 0 Å². The van der Waals surface area contributed by atoms with Gasteiger partial charge >= 0.3 is 0 Å². The zero-order valence-corrected chi connectivity index (χ0v) is 12.3. The summed E-state index contributed by atoms with van der Waals surface area (Å²) in [6.07, 6.45) is 3.20. The van der Waals surface area contributed by atoms with E-state index in [1.54, 1.807) is 0 Å². The van der Waals surface area contributed by atoms with Crippen LogP contribution in [0.2, 0.25) is 0 Å². The number of aromatic nitrogens is 1. The summed E-state index contributed by atoms with van der Waals surface area (Å²) in [5, 5.41) is 1.31. The zero-order chi connectivity index (χ0) is 14.2. The van der Waals surface area contributed by atoms with Crippen LogP contribution >= 0.6 is 0 Å². The summed E-state index contributed by atoms with van der Waals surface area (Å²) in [7, 11) is 2.22. The molecular formula is C19H20N2. The maximum Gasteiger partial charge on any atom is 0.0454 e. The summed E-state index contributed by atoms with van der Waals surface area (Å²) >= 11 is 0.